The Hall–Kier alpha value is -1.61. The van der Waals surface area contributed by atoms with Gasteiger partial charge in [0.25, 0.3) is 0 Å². The van der Waals surface area contributed by atoms with E-state index in [0.717, 1.165) is 30.5 Å². The maximum Gasteiger partial charge on any atom is 0.244 e. The van der Waals surface area contributed by atoms with Gasteiger partial charge in [0, 0.05) is 25.0 Å². The van der Waals surface area contributed by atoms with Crippen molar-refractivity contribution >= 4 is 12.0 Å². The van der Waals surface area contributed by atoms with Gasteiger partial charge in [-0.2, -0.15) is 0 Å². The Kier molecular flexibility index (Phi) is 5.50. The summed E-state index contributed by atoms with van der Waals surface area (Å²) < 4.78 is 0. The molecule has 0 aliphatic carbocycles. The van der Waals surface area contributed by atoms with Crippen molar-refractivity contribution in [2.45, 2.75) is 63.6 Å². The highest BCUT2D eigenvalue weighted by atomic mass is 16.1. The predicted octanol–water partition coefficient (Wildman–Crippen LogP) is 2.19. The molecule has 2 aliphatic rings. The van der Waals surface area contributed by atoms with Crippen LogP contribution < -0.4 is 10.2 Å². The van der Waals surface area contributed by atoms with Gasteiger partial charge >= 0.3 is 0 Å². The van der Waals surface area contributed by atoms with E-state index in [2.05, 4.69) is 12.2 Å². The Balaban J connectivity index is 1.55. The van der Waals surface area contributed by atoms with Crippen molar-refractivity contribution in [2.75, 3.05) is 6.54 Å². The number of carbonyl (C=O) groups excluding carboxylic acids is 1. The van der Waals surface area contributed by atoms with Crippen LogP contribution in [0.25, 0.3) is 6.08 Å². The molecule has 2 heterocycles. The van der Waals surface area contributed by atoms with Gasteiger partial charge in [-0.3, -0.25) is 4.79 Å². The number of carbonyl (C=O) groups is 1. The third-order valence-corrected chi connectivity index (χ3v) is 5.40. The number of fused-ring (bicyclic) bond motifs is 2. The molecule has 23 heavy (non-hydrogen) atoms. The Bertz CT molecular complexity index is 526. The Morgan fingerprint density at radius 1 is 1.22 bits per heavy atom. The molecule has 0 aromatic heterocycles. The summed E-state index contributed by atoms with van der Waals surface area (Å²) in [7, 11) is 0. The molecule has 1 amide bonds. The second kappa shape index (κ2) is 7.78. The van der Waals surface area contributed by atoms with Crippen molar-refractivity contribution in [3.8, 4) is 0 Å². The number of nitrogens with one attached hydrogen (secondary N) is 2. The van der Waals surface area contributed by atoms with Crippen LogP contribution in [0.4, 0.5) is 0 Å². The minimum atomic E-state index is 0.0517. The van der Waals surface area contributed by atoms with Crippen molar-refractivity contribution in [1.29, 1.82) is 0 Å². The van der Waals surface area contributed by atoms with Crippen molar-refractivity contribution < 1.29 is 9.69 Å². The summed E-state index contributed by atoms with van der Waals surface area (Å²) >= 11 is 0. The van der Waals surface area contributed by atoms with Gasteiger partial charge in [0.1, 0.15) is 0 Å². The Labute approximate surface area is 139 Å². The van der Waals surface area contributed by atoms with Crippen molar-refractivity contribution in [3.05, 3.63) is 42.0 Å². The zero-order valence-electron chi connectivity index (χ0n) is 14.1. The normalized spacial score (nSPS) is 30.3. The average molecular weight is 313 g/mol. The standard InChI is InChI=1S/C20H28N2O/c1-2-13-22-18-9-6-10-19(22)15-17(14-18)21-20(23)12-11-16-7-4-3-5-8-16/h3-5,7-8,11-12,17-19H,2,6,9-10,13-15H2,1H3,(H,21,23)/p+1/b12-11+/t17?,18-,19+. The van der Waals surface area contributed by atoms with Gasteiger partial charge in [0.15, 0.2) is 0 Å². The van der Waals surface area contributed by atoms with Crippen LogP contribution in [0.15, 0.2) is 36.4 Å². The molecule has 0 radical (unpaired) electrons. The van der Waals surface area contributed by atoms with Gasteiger partial charge in [-0.25, -0.2) is 0 Å². The summed E-state index contributed by atoms with van der Waals surface area (Å²) in [5, 5.41) is 3.24. The SMILES string of the molecule is CCC[NH+]1[C@@H]2CCC[C@H]1CC(NC(=O)/C=C/c1ccccc1)C2. The first kappa shape index (κ1) is 16.3. The fourth-order valence-corrected chi connectivity index (χ4v) is 4.44. The third kappa shape index (κ3) is 4.23. The first-order valence-electron chi connectivity index (χ1n) is 9.15. The molecule has 0 saturated carbocycles. The molecule has 0 spiro atoms. The quantitative estimate of drug-likeness (QED) is 0.803. The molecule has 2 bridgehead atoms. The molecule has 3 heteroatoms. The van der Waals surface area contributed by atoms with Gasteiger partial charge in [0.05, 0.1) is 18.6 Å². The van der Waals surface area contributed by atoms with Crippen LogP contribution in [0.1, 0.15) is 51.0 Å². The molecule has 3 nitrogen and oxygen atoms in total. The molecule has 1 aromatic carbocycles. The van der Waals surface area contributed by atoms with E-state index in [4.69, 9.17) is 0 Å². The lowest BCUT2D eigenvalue weighted by atomic mass is 9.81. The zero-order chi connectivity index (χ0) is 16.1. The van der Waals surface area contributed by atoms with E-state index in [-0.39, 0.29) is 5.91 Å². The van der Waals surface area contributed by atoms with E-state index in [1.807, 2.05) is 41.3 Å². The summed E-state index contributed by atoms with van der Waals surface area (Å²) in [4.78, 5) is 14.0. The molecule has 1 aromatic rings. The number of amides is 1. The van der Waals surface area contributed by atoms with E-state index in [0.29, 0.717) is 6.04 Å². The van der Waals surface area contributed by atoms with Crippen LogP contribution in [0.5, 0.6) is 0 Å². The molecular weight excluding hydrogens is 284 g/mol. The molecule has 2 unspecified atom stereocenters. The van der Waals surface area contributed by atoms with Crippen LogP contribution in [0.3, 0.4) is 0 Å². The third-order valence-electron chi connectivity index (χ3n) is 5.40. The van der Waals surface area contributed by atoms with E-state index < -0.39 is 0 Å². The first-order valence-corrected chi connectivity index (χ1v) is 9.15. The molecule has 4 atom stereocenters. The first-order chi connectivity index (χ1) is 11.3. The van der Waals surface area contributed by atoms with Crippen LogP contribution in [0, 0.1) is 0 Å². The predicted molar refractivity (Wildman–Crippen MR) is 94.2 cm³/mol. The van der Waals surface area contributed by atoms with Crippen LogP contribution in [0.2, 0.25) is 0 Å². The highest BCUT2D eigenvalue weighted by Gasteiger charge is 2.41. The summed E-state index contributed by atoms with van der Waals surface area (Å²) in [5.41, 5.74) is 1.07. The molecule has 2 saturated heterocycles. The number of benzene rings is 1. The van der Waals surface area contributed by atoms with Crippen LogP contribution in [-0.4, -0.2) is 30.6 Å². The molecule has 2 aliphatic heterocycles. The number of hydrogen-bond acceptors (Lipinski definition) is 1. The second-order valence-corrected chi connectivity index (χ2v) is 7.07. The van der Waals surface area contributed by atoms with Crippen molar-refractivity contribution in [1.82, 2.24) is 5.32 Å². The Morgan fingerprint density at radius 3 is 2.57 bits per heavy atom. The Morgan fingerprint density at radius 2 is 1.91 bits per heavy atom. The van der Waals surface area contributed by atoms with Crippen molar-refractivity contribution in [3.63, 3.8) is 0 Å². The summed E-state index contributed by atoms with van der Waals surface area (Å²) in [5.74, 6) is 0.0517. The average Bonchev–Trinajstić information content (AvgIpc) is 2.55. The fraction of sp³-hybridized carbons (Fsp3) is 0.550. The van der Waals surface area contributed by atoms with E-state index in [9.17, 15) is 4.79 Å². The number of piperidine rings is 2. The highest BCUT2D eigenvalue weighted by molar-refractivity contribution is 5.91. The lowest BCUT2D eigenvalue weighted by molar-refractivity contribution is -0.961. The maximum atomic E-state index is 12.2. The summed E-state index contributed by atoms with van der Waals surface area (Å²) in [6.07, 6.45) is 11.2. The summed E-state index contributed by atoms with van der Waals surface area (Å²) in [6, 6.07) is 11.9. The van der Waals surface area contributed by atoms with Gasteiger partial charge in [0.2, 0.25) is 5.91 Å². The summed E-state index contributed by atoms with van der Waals surface area (Å²) in [6.45, 7) is 3.58. The lowest BCUT2D eigenvalue weighted by Gasteiger charge is -2.45. The van der Waals surface area contributed by atoms with Gasteiger partial charge in [-0.1, -0.05) is 37.3 Å². The van der Waals surface area contributed by atoms with Crippen molar-refractivity contribution in [2.24, 2.45) is 0 Å². The van der Waals surface area contributed by atoms with E-state index >= 15 is 0 Å². The molecular formula is C20H29N2O+. The minimum absolute atomic E-state index is 0.0517. The zero-order valence-corrected chi connectivity index (χ0v) is 14.1. The number of hydrogen-bond donors (Lipinski definition) is 2. The van der Waals surface area contributed by atoms with Crippen LogP contribution in [-0.2, 0) is 4.79 Å². The fourth-order valence-electron chi connectivity index (χ4n) is 4.44. The largest absolute Gasteiger partial charge is 0.349 e. The topological polar surface area (TPSA) is 33.5 Å². The van der Waals surface area contributed by atoms with Gasteiger partial charge < -0.3 is 10.2 Å². The molecule has 124 valence electrons. The van der Waals surface area contributed by atoms with E-state index in [1.165, 1.54) is 32.2 Å². The van der Waals surface area contributed by atoms with Crippen LogP contribution >= 0.6 is 0 Å². The monoisotopic (exact) mass is 313 g/mol. The van der Waals surface area contributed by atoms with E-state index in [1.54, 1.807) is 6.08 Å². The maximum absolute atomic E-state index is 12.2. The highest BCUT2D eigenvalue weighted by Crippen LogP contribution is 2.22. The molecule has 3 rings (SSSR count). The van der Waals surface area contributed by atoms with Gasteiger partial charge in [-0.05, 0) is 37.3 Å². The molecule has 2 fully saturated rings. The van der Waals surface area contributed by atoms with Gasteiger partial charge in [-0.15, -0.1) is 0 Å². The minimum Gasteiger partial charge on any atom is -0.349 e. The smallest absolute Gasteiger partial charge is 0.244 e. The number of quaternary nitrogens is 1. The molecule has 2 N–H and O–H groups in total. The lowest BCUT2D eigenvalue weighted by Crippen LogP contribution is -3.21. The second-order valence-electron chi connectivity index (χ2n) is 7.07. The number of rotatable bonds is 5.